The molecule has 2 aliphatic rings. The van der Waals surface area contributed by atoms with Crippen molar-refractivity contribution in [3.63, 3.8) is 0 Å². The summed E-state index contributed by atoms with van der Waals surface area (Å²) in [5.74, 6) is 0. The molecule has 0 aromatic heterocycles. The van der Waals surface area contributed by atoms with E-state index in [0.717, 1.165) is 0 Å². The molecule has 0 spiro atoms. The molecule has 16 heavy (non-hydrogen) atoms. The Kier molecular flexibility index (Phi) is 4.18. The maximum absolute atomic E-state index is 2.42. The fourth-order valence-electron chi connectivity index (χ4n) is 2.16. The summed E-state index contributed by atoms with van der Waals surface area (Å²) < 4.78 is 0. The van der Waals surface area contributed by atoms with Crippen LogP contribution in [0.25, 0.3) is 0 Å². The molecule has 0 nitrogen and oxygen atoms in total. The Morgan fingerprint density at radius 1 is 0.938 bits per heavy atom. The summed E-state index contributed by atoms with van der Waals surface area (Å²) in [5, 5.41) is 3.17. The van der Waals surface area contributed by atoms with Crippen LogP contribution < -0.4 is 0 Å². The van der Waals surface area contributed by atoms with Crippen LogP contribution >= 0.6 is 8.20 Å². The number of fused-ring (bicyclic) bond motifs is 1. The van der Waals surface area contributed by atoms with Gasteiger partial charge < -0.3 is 0 Å². The van der Waals surface area contributed by atoms with Crippen molar-refractivity contribution in [1.29, 1.82) is 0 Å². The fraction of sp³-hybridized carbons (Fsp3) is 0.533. The Labute approximate surface area is 101 Å². The number of allylic oxidation sites excluding steroid dienone is 6. The van der Waals surface area contributed by atoms with E-state index in [1.54, 1.807) is 16.2 Å². The molecule has 1 heterocycles. The lowest BCUT2D eigenvalue weighted by Gasteiger charge is -1.97. The minimum atomic E-state index is 1.26. The third-order valence-electron chi connectivity index (χ3n) is 3.15. The Morgan fingerprint density at radius 2 is 1.69 bits per heavy atom. The van der Waals surface area contributed by atoms with Crippen LogP contribution in [0.15, 0.2) is 34.7 Å². The van der Waals surface area contributed by atoms with E-state index in [1.807, 2.05) is 0 Å². The highest BCUT2D eigenvalue weighted by Gasteiger charge is 2.16. The summed E-state index contributed by atoms with van der Waals surface area (Å²) >= 11 is 0. The van der Waals surface area contributed by atoms with Crippen molar-refractivity contribution in [2.24, 2.45) is 0 Å². The van der Waals surface area contributed by atoms with Crippen molar-refractivity contribution >= 4 is 13.5 Å². The largest absolute Gasteiger partial charge is 0.0654 e. The SMILES string of the molecule is CCCCC1=CC2=CC(CCCC)=PC2=C1. The summed E-state index contributed by atoms with van der Waals surface area (Å²) in [5.41, 5.74) is 3.05. The molecular formula is C15H21P. The summed E-state index contributed by atoms with van der Waals surface area (Å²) in [6, 6.07) is 0. The molecule has 1 aliphatic heterocycles. The normalized spacial score (nSPS) is 18.9. The smallest absolute Gasteiger partial charge is 0.00959 e. The van der Waals surface area contributed by atoms with E-state index in [-0.39, 0.29) is 0 Å². The first-order chi connectivity index (χ1) is 7.83. The van der Waals surface area contributed by atoms with E-state index < -0.39 is 0 Å². The van der Waals surface area contributed by atoms with E-state index in [4.69, 9.17) is 0 Å². The second-order valence-electron chi connectivity index (χ2n) is 4.66. The van der Waals surface area contributed by atoms with Crippen LogP contribution in [0.1, 0.15) is 52.4 Å². The Hall–Kier alpha value is -0.610. The molecule has 1 aliphatic carbocycles. The third kappa shape index (κ3) is 2.74. The molecule has 0 saturated heterocycles. The van der Waals surface area contributed by atoms with Gasteiger partial charge in [0.25, 0.3) is 0 Å². The van der Waals surface area contributed by atoms with Gasteiger partial charge in [-0.15, -0.1) is 0 Å². The van der Waals surface area contributed by atoms with E-state index >= 15 is 0 Å². The Morgan fingerprint density at radius 3 is 2.38 bits per heavy atom. The third-order valence-corrected chi connectivity index (χ3v) is 4.42. The van der Waals surface area contributed by atoms with E-state index in [0.29, 0.717) is 0 Å². The zero-order valence-corrected chi connectivity index (χ0v) is 11.3. The molecule has 0 radical (unpaired) electrons. The average molecular weight is 232 g/mol. The second-order valence-corrected chi connectivity index (χ2v) is 5.94. The molecule has 0 atom stereocenters. The molecule has 1 heteroatoms. The lowest BCUT2D eigenvalue weighted by Crippen LogP contribution is -1.86. The minimum Gasteiger partial charge on any atom is -0.0654 e. The first-order valence-corrected chi connectivity index (χ1v) is 7.45. The van der Waals surface area contributed by atoms with Gasteiger partial charge in [0.05, 0.1) is 0 Å². The van der Waals surface area contributed by atoms with Crippen molar-refractivity contribution in [2.45, 2.75) is 52.4 Å². The zero-order chi connectivity index (χ0) is 11.4. The topological polar surface area (TPSA) is 0 Å². The number of rotatable bonds is 6. The molecule has 0 aromatic carbocycles. The molecule has 0 N–H and O–H groups in total. The predicted octanol–water partition coefficient (Wildman–Crippen LogP) is 5.25. The first-order valence-electron chi connectivity index (χ1n) is 6.55. The maximum Gasteiger partial charge on any atom is 0.00959 e. The van der Waals surface area contributed by atoms with E-state index in [1.165, 1.54) is 52.3 Å². The van der Waals surface area contributed by atoms with Gasteiger partial charge in [-0.25, -0.2) is 0 Å². The maximum atomic E-state index is 2.42. The van der Waals surface area contributed by atoms with Crippen LogP contribution in [0.5, 0.6) is 0 Å². The average Bonchev–Trinajstić information content (AvgIpc) is 2.80. The lowest BCUT2D eigenvalue weighted by molar-refractivity contribution is 0.799. The van der Waals surface area contributed by atoms with Gasteiger partial charge >= 0.3 is 0 Å². The van der Waals surface area contributed by atoms with E-state index in [9.17, 15) is 0 Å². The quantitative estimate of drug-likeness (QED) is 0.549. The van der Waals surface area contributed by atoms with Crippen molar-refractivity contribution < 1.29 is 0 Å². The lowest BCUT2D eigenvalue weighted by atomic mass is 10.1. The van der Waals surface area contributed by atoms with Gasteiger partial charge in [0.15, 0.2) is 0 Å². The standard InChI is InChI=1S/C15H21P/c1-3-5-7-12-9-13-11-14(8-6-4-2)16-15(13)10-12/h9-11H,3-8H2,1-2H3. The Bertz CT molecular complexity index is 342. The molecule has 86 valence electrons. The monoisotopic (exact) mass is 232 g/mol. The van der Waals surface area contributed by atoms with Gasteiger partial charge in [-0.05, 0) is 54.3 Å². The summed E-state index contributed by atoms with van der Waals surface area (Å²) in [7, 11) is 1.48. The number of unbranched alkanes of at least 4 members (excludes halogenated alkanes) is 2. The minimum absolute atomic E-state index is 1.26. The van der Waals surface area contributed by atoms with Crippen molar-refractivity contribution in [1.82, 2.24) is 0 Å². The molecule has 0 saturated carbocycles. The molecule has 0 unspecified atom stereocenters. The zero-order valence-electron chi connectivity index (χ0n) is 10.4. The molecular weight excluding hydrogens is 211 g/mol. The van der Waals surface area contributed by atoms with Crippen LogP contribution in [0.2, 0.25) is 0 Å². The van der Waals surface area contributed by atoms with Gasteiger partial charge in [0.2, 0.25) is 0 Å². The molecule has 0 aromatic rings. The van der Waals surface area contributed by atoms with Gasteiger partial charge in [0, 0.05) is 5.31 Å². The van der Waals surface area contributed by atoms with Crippen LogP contribution in [0, 0.1) is 0 Å². The molecule has 2 rings (SSSR count). The summed E-state index contributed by atoms with van der Waals surface area (Å²) in [6.45, 7) is 4.53. The van der Waals surface area contributed by atoms with Crippen LogP contribution in [0.4, 0.5) is 0 Å². The molecule has 0 amide bonds. The van der Waals surface area contributed by atoms with Gasteiger partial charge in [-0.1, -0.05) is 41.0 Å². The fourth-order valence-corrected chi connectivity index (χ4v) is 3.44. The van der Waals surface area contributed by atoms with Crippen LogP contribution in [-0.2, 0) is 0 Å². The second kappa shape index (κ2) is 5.64. The van der Waals surface area contributed by atoms with Crippen molar-refractivity contribution in [3.05, 3.63) is 34.7 Å². The van der Waals surface area contributed by atoms with E-state index in [2.05, 4.69) is 32.1 Å². The summed E-state index contributed by atoms with van der Waals surface area (Å²) in [4.78, 5) is 0. The number of hydrogen-bond donors (Lipinski definition) is 0. The van der Waals surface area contributed by atoms with Crippen LogP contribution in [-0.4, -0.2) is 5.29 Å². The predicted molar refractivity (Wildman–Crippen MR) is 75.2 cm³/mol. The van der Waals surface area contributed by atoms with Gasteiger partial charge in [0.1, 0.15) is 0 Å². The van der Waals surface area contributed by atoms with Gasteiger partial charge in [-0.2, -0.15) is 0 Å². The number of hydrogen-bond acceptors (Lipinski definition) is 0. The highest BCUT2D eigenvalue weighted by molar-refractivity contribution is 7.47. The van der Waals surface area contributed by atoms with Gasteiger partial charge in [-0.3, -0.25) is 0 Å². The Balaban J connectivity index is 1.94. The first kappa shape index (κ1) is 11.9. The highest BCUT2D eigenvalue weighted by Crippen LogP contribution is 2.39. The molecule has 0 fully saturated rings. The van der Waals surface area contributed by atoms with Crippen molar-refractivity contribution in [2.75, 3.05) is 0 Å². The molecule has 0 bridgehead atoms. The highest BCUT2D eigenvalue weighted by atomic mass is 31.1. The summed E-state index contributed by atoms with van der Waals surface area (Å²) in [6.07, 6.45) is 15.1. The van der Waals surface area contributed by atoms with Crippen LogP contribution in [0.3, 0.4) is 0 Å². The van der Waals surface area contributed by atoms with Crippen molar-refractivity contribution in [3.8, 4) is 0 Å².